The topological polar surface area (TPSA) is 0 Å². The number of fused-ring (bicyclic) bond motifs is 1. The van der Waals surface area contributed by atoms with E-state index in [4.69, 9.17) is 0 Å². The summed E-state index contributed by atoms with van der Waals surface area (Å²) in [7, 11) is 0.874. The van der Waals surface area contributed by atoms with E-state index in [1.807, 2.05) is 22.7 Å². The van der Waals surface area contributed by atoms with Crippen molar-refractivity contribution < 1.29 is 0 Å². The van der Waals surface area contributed by atoms with Crippen molar-refractivity contribution in [2.45, 2.75) is 25.7 Å². The highest BCUT2D eigenvalue weighted by Crippen LogP contribution is 2.50. The first-order valence-electron chi connectivity index (χ1n) is 6.75. The van der Waals surface area contributed by atoms with Gasteiger partial charge in [0, 0.05) is 20.3 Å². The molecule has 3 aromatic heterocycles. The first-order chi connectivity index (χ1) is 9.43. The maximum absolute atomic E-state index is 2.30. The van der Waals surface area contributed by atoms with Crippen LogP contribution in [0.25, 0.3) is 20.3 Å². The lowest BCUT2D eigenvalue weighted by Crippen LogP contribution is -2.00. The molecular formula is C16H15PS2. The zero-order valence-electron chi connectivity index (χ0n) is 10.6. The fourth-order valence-corrected chi connectivity index (χ4v) is 6.58. The molecule has 4 rings (SSSR count). The molecule has 0 saturated carbocycles. The summed E-state index contributed by atoms with van der Waals surface area (Å²) in [5.41, 5.74) is 3.38. The largest absolute Gasteiger partial charge is 0.143 e. The van der Waals surface area contributed by atoms with Crippen LogP contribution in [0, 0.1) is 0 Å². The van der Waals surface area contributed by atoms with E-state index in [0.29, 0.717) is 0 Å². The molecule has 0 N–H and O–H groups in total. The molecular weight excluding hydrogens is 287 g/mol. The average Bonchev–Trinajstić information content (AvgIpc) is 3.18. The van der Waals surface area contributed by atoms with Gasteiger partial charge in [0.05, 0.1) is 0 Å². The summed E-state index contributed by atoms with van der Waals surface area (Å²) in [6, 6.07) is 8.96. The molecule has 0 saturated heterocycles. The van der Waals surface area contributed by atoms with Crippen molar-refractivity contribution in [1.82, 2.24) is 0 Å². The van der Waals surface area contributed by atoms with E-state index in [0.717, 1.165) is 8.19 Å². The Morgan fingerprint density at radius 3 is 1.74 bits per heavy atom. The molecule has 0 aliphatic heterocycles. The van der Waals surface area contributed by atoms with Gasteiger partial charge in [-0.05, 0) is 59.7 Å². The maximum atomic E-state index is 2.30. The molecule has 96 valence electrons. The third-order valence-corrected chi connectivity index (χ3v) is 7.64. The van der Waals surface area contributed by atoms with Crippen molar-refractivity contribution in [2.75, 3.05) is 0 Å². The van der Waals surface area contributed by atoms with Gasteiger partial charge in [0.15, 0.2) is 0 Å². The lowest BCUT2D eigenvalue weighted by Gasteiger charge is -2.14. The van der Waals surface area contributed by atoms with E-state index >= 15 is 0 Å². The van der Waals surface area contributed by atoms with Gasteiger partial charge in [-0.1, -0.05) is 12.1 Å². The van der Waals surface area contributed by atoms with Crippen LogP contribution in [0.5, 0.6) is 0 Å². The summed E-state index contributed by atoms with van der Waals surface area (Å²) in [6.45, 7) is 0. The Kier molecular flexibility index (Phi) is 3.11. The predicted octanol–water partition coefficient (Wildman–Crippen LogP) is 6.05. The van der Waals surface area contributed by atoms with Gasteiger partial charge in [-0.3, -0.25) is 0 Å². The zero-order valence-corrected chi connectivity index (χ0v) is 13.2. The third-order valence-electron chi connectivity index (χ3n) is 3.86. The van der Waals surface area contributed by atoms with Crippen LogP contribution in [0.3, 0.4) is 0 Å². The van der Waals surface area contributed by atoms with E-state index in [-0.39, 0.29) is 0 Å². The predicted molar refractivity (Wildman–Crippen MR) is 89.2 cm³/mol. The van der Waals surface area contributed by atoms with Crippen LogP contribution in [0.2, 0.25) is 0 Å². The smallest absolute Gasteiger partial charge is 0.0382 e. The second-order valence-electron chi connectivity index (χ2n) is 4.99. The molecule has 0 spiro atoms. The summed E-state index contributed by atoms with van der Waals surface area (Å²) in [5.74, 6) is 0. The summed E-state index contributed by atoms with van der Waals surface area (Å²) in [5, 5.41) is 7.71. The van der Waals surface area contributed by atoms with E-state index in [1.165, 1.54) is 35.4 Å². The average molecular weight is 302 g/mol. The van der Waals surface area contributed by atoms with Crippen LogP contribution in [-0.4, -0.2) is 0 Å². The highest BCUT2D eigenvalue weighted by Gasteiger charge is 2.22. The van der Waals surface area contributed by atoms with Crippen LogP contribution in [-0.2, 0) is 12.8 Å². The molecule has 0 bridgehead atoms. The van der Waals surface area contributed by atoms with Crippen molar-refractivity contribution in [3.05, 3.63) is 46.2 Å². The fraction of sp³-hybridized carbons (Fsp3) is 0.250. The second-order valence-corrected chi connectivity index (χ2v) is 8.14. The number of hydrogen-bond acceptors (Lipinski definition) is 2. The van der Waals surface area contributed by atoms with Crippen LogP contribution in [0.15, 0.2) is 35.0 Å². The van der Waals surface area contributed by atoms with Crippen LogP contribution < -0.4 is 0 Å². The minimum Gasteiger partial charge on any atom is -0.143 e. The normalized spacial score (nSPS) is 14.5. The highest BCUT2D eigenvalue weighted by molar-refractivity contribution is 7.40. The van der Waals surface area contributed by atoms with Crippen molar-refractivity contribution in [3.8, 4) is 20.3 Å². The SMILES string of the molecule is c1csc(-c2[pH]c(-c3cccs3)c3c2CCCC3)c1. The Hall–Kier alpha value is -0.820. The quantitative estimate of drug-likeness (QED) is 0.540. The van der Waals surface area contributed by atoms with Crippen molar-refractivity contribution in [1.29, 1.82) is 0 Å². The molecule has 19 heavy (non-hydrogen) atoms. The molecule has 0 fully saturated rings. The molecule has 0 atom stereocenters. The Bertz CT molecular complexity index is 616. The molecule has 3 heterocycles. The van der Waals surface area contributed by atoms with Crippen LogP contribution in [0.1, 0.15) is 24.0 Å². The Balaban J connectivity index is 1.93. The first kappa shape index (κ1) is 12.0. The Morgan fingerprint density at radius 2 is 1.32 bits per heavy atom. The van der Waals surface area contributed by atoms with Crippen molar-refractivity contribution in [3.63, 3.8) is 0 Å². The molecule has 0 radical (unpaired) electrons. The lowest BCUT2D eigenvalue weighted by atomic mass is 9.91. The Morgan fingerprint density at radius 1 is 0.789 bits per heavy atom. The third kappa shape index (κ3) is 2.03. The molecule has 3 aromatic rings. The van der Waals surface area contributed by atoms with Gasteiger partial charge in [-0.2, -0.15) is 0 Å². The molecule has 0 aromatic carbocycles. The molecule has 0 nitrogen and oxygen atoms in total. The Labute approximate surface area is 123 Å². The standard InChI is InChI=1S/C16H15PS2/c1-2-6-12-11(5-1)15(13-7-3-9-18-13)17-16(12)14-8-4-10-19-14/h3-4,7-10,17H,1-2,5-6H2. The second kappa shape index (κ2) is 4.94. The lowest BCUT2D eigenvalue weighted by molar-refractivity contribution is 0.692. The maximum Gasteiger partial charge on any atom is 0.0382 e. The van der Waals surface area contributed by atoms with Gasteiger partial charge in [0.25, 0.3) is 0 Å². The molecule has 1 aliphatic rings. The van der Waals surface area contributed by atoms with Gasteiger partial charge in [0.2, 0.25) is 0 Å². The van der Waals surface area contributed by atoms with E-state index in [9.17, 15) is 0 Å². The minimum absolute atomic E-state index is 0.874. The van der Waals surface area contributed by atoms with Gasteiger partial charge >= 0.3 is 0 Å². The zero-order chi connectivity index (χ0) is 12.7. The van der Waals surface area contributed by atoms with E-state index in [1.54, 1.807) is 21.7 Å². The number of rotatable bonds is 2. The fourth-order valence-electron chi connectivity index (χ4n) is 3.00. The summed E-state index contributed by atoms with van der Waals surface area (Å²) >= 11 is 3.80. The monoisotopic (exact) mass is 302 g/mol. The molecule has 0 unspecified atom stereocenters. The van der Waals surface area contributed by atoms with Gasteiger partial charge in [-0.15, -0.1) is 30.9 Å². The first-order valence-corrected chi connectivity index (χ1v) is 9.51. The van der Waals surface area contributed by atoms with Crippen LogP contribution >= 0.6 is 30.9 Å². The number of thiophene rings is 2. The van der Waals surface area contributed by atoms with Gasteiger partial charge < -0.3 is 0 Å². The molecule has 3 heteroatoms. The van der Waals surface area contributed by atoms with Crippen LogP contribution in [0.4, 0.5) is 0 Å². The van der Waals surface area contributed by atoms with Gasteiger partial charge in [-0.25, -0.2) is 0 Å². The minimum atomic E-state index is 0.874. The van der Waals surface area contributed by atoms with E-state index in [2.05, 4.69) is 35.0 Å². The van der Waals surface area contributed by atoms with E-state index < -0.39 is 0 Å². The molecule has 0 amide bonds. The molecule has 1 aliphatic carbocycles. The van der Waals surface area contributed by atoms with Gasteiger partial charge in [0.1, 0.15) is 0 Å². The highest BCUT2D eigenvalue weighted by atomic mass is 32.1. The summed E-state index contributed by atoms with van der Waals surface area (Å²) in [4.78, 5) is 3.00. The summed E-state index contributed by atoms with van der Waals surface area (Å²) in [6.07, 6.45) is 5.33. The summed E-state index contributed by atoms with van der Waals surface area (Å²) < 4.78 is 0. The number of hydrogen-bond donors (Lipinski definition) is 0. The van der Waals surface area contributed by atoms with Crippen molar-refractivity contribution in [2.24, 2.45) is 0 Å². The van der Waals surface area contributed by atoms with Crippen molar-refractivity contribution >= 4 is 30.9 Å².